The Morgan fingerprint density at radius 3 is 2.54 bits per heavy atom. The van der Waals surface area contributed by atoms with Crippen LogP contribution in [-0.2, 0) is 27.4 Å². The summed E-state index contributed by atoms with van der Waals surface area (Å²) >= 11 is 0. The first-order valence-electron chi connectivity index (χ1n) is 10.2. The Morgan fingerprint density at radius 1 is 1.11 bits per heavy atom. The van der Waals surface area contributed by atoms with Gasteiger partial charge in [-0.25, -0.2) is 0 Å². The number of fused-ring (bicyclic) bond motifs is 1. The highest BCUT2D eigenvalue weighted by Gasteiger charge is 2.22. The van der Waals surface area contributed by atoms with Gasteiger partial charge in [0.05, 0.1) is 13.2 Å². The monoisotopic (exact) mass is 390 g/mol. The summed E-state index contributed by atoms with van der Waals surface area (Å²) in [7, 11) is 1.67. The number of methoxy groups -OCH3 is 1. The van der Waals surface area contributed by atoms with E-state index in [0.717, 1.165) is 45.0 Å². The number of carbonyl (C=O) groups is 1. The summed E-state index contributed by atoms with van der Waals surface area (Å²) in [5.74, 6) is 0.998. The molecule has 0 aromatic heterocycles. The van der Waals surface area contributed by atoms with Crippen molar-refractivity contribution >= 4 is 11.9 Å². The van der Waals surface area contributed by atoms with E-state index < -0.39 is 0 Å². The Hall–Kier alpha value is -2.12. The molecular weight excluding hydrogens is 356 g/mol. The number of nitrogens with zero attached hydrogens (tertiary/aromatic N) is 2. The van der Waals surface area contributed by atoms with Gasteiger partial charge in [-0.3, -0.25) is 9.79 Å². The summed E-state index contributed by atoms with van der Waals surface area (Å²) in [4.78, 5) is 18.9. The molecule has 0 saturated carbocycles. The van der Waals surface area contributed by atoms with Crippen molar-refractivity contribution < 1.29 is 14.3 Å². The fraction of sp³-hybridized carbons (Fsp3) is 0.619. The SMILES string of the molecule is CCNC(=NCCCC(=O)N1Cc2ccccc2C1)NCCCOCCOC. The Labute approximate surface area is 168 Å². The average Bonchev–Trinajstić information content (AvgIpc) is 3.14. The summed E-state index contributed by atoms with van der Waals surface area (Å²) < 4.78 is 10.4. The minimum atomic E-state index is 0.206. The van der Waals surface area contributed by atoms with Gasteiger partial charge in [0.1, 0.15) is 0 Å². The van der Waals surface area contributed by atoms with E-state index in [1.165, 1.54) is 11.1 Å². The molecule has 0 radical (unpaired) electrons. The highest BCUT2D eigenvalue weighted by atomic mass is 16.5. The van der Waals surface area contributed by atoms with E-state index in [4.69, 9.17) is 9.47 Å². The molecule has 1 heterocycles. The van der Waals surface area contributed by atoms with Gasteiger partial charge in [-0.05, 0) is 30.9 Å². The van der Waals surface area contributed by atoms with Crippen LogP contribution in [0.2, 0.25) is 0 Å². The molecule has 0 spiro atoms. The van der Waals surface area contributed by atoms with Crippen molar-refractivity contribution in [1.82, 2.24) is 15.5 Å². The molecule has 0 aliphatic carbocycles. The van der Waals surface area contributed by atoms with Crippen molar-refractivity contribution in [1.29, 1.82) is 0 Å². The molecule has 0 atom stereocenters. The van der Waals surface area contributed by atoms with Crippen LogP contribution < -0.4 is 10.6 Å². The van der Waals surface area contributed by atoms with E-state index in [0.29, 0.717) is 32.8 Å². The van der Waals surface area contributed by atoms with Gasteiger partial charge in [-0.1, -0.05) is 24.3 Å². The molecule has 1 amide bonds. The molecule has 7 nitrogen and oxygen atoms in total. The number of rotatable bonds is 12. The molecular formula is C21H34N4O3. The van der Waals surface area contributed by atoms with Gasteiger partial charge in [0.15, 0.2) is 5.96 Å². The predicted octanol–water partition coefficient (Wildman–Crippen LogP) is 1.92. The minimum Gasteiger partial charge on any atom is -0.382 e. The van der Waals surface area contributed by atoms with E-state index in [2.05, 4.69) is 27.8 Å². The molecule has 1 aromatic carbocycles. The number of amides is 1. The topological polar surface area (TPSA) is 75.2 Å². The molecule has 2 rings (SSSR count). The van der Waals surface area contributed by atoms with E-state index in [1.54, 1.807) is 7.11 Å². The summed E-state index contributed by atoms with van der Waals surface area (Å²) in [6, 6.07) is 8.26. The smallest absolute Gasteiger partial charge is 0.223 e. The summed E-state index contributed by atoms with van der Waals surface area (Å²) in [5, 5.41) is 6.53. The van der Waals surface area contributed by atoms with Crippen molar-refractivity contribution in [3.8, 4) is 0 Å². The van der Waals surface area contributed by atoms with Crippen LogP contribution in [0.15, 0.2) is 29.3 Å². The van der Waals surface area contributed by atoms with Crippen molar-refractivity contribution in [2.75, 3.05) is 46.6 Å². The lowest BCUT2D eigenvalue weighted by Crippen LogP contribution is -2.38. The first-order chi connectivity index (χ1) is 13.7. The number of carbonyl (C=O) groups excluding carboxylic acids is 1. The average molecular weight is 391 g/mol. The number of hydrogen-bond donors (Lipinski definition) is 2. The summed E-state index contributed by atoms with van der Waals surface area (Å²) in [6.45, 7) is 7.68. The minimum absolute atomic E-state index is 0.206. The number of ether oxygens (including phenoxy) is 2. The number of aliphatic imine (C=N–C) groups is 1. The van der Waals surface area contributed by atoms with Crippen molar-refractivity contribution in [3.63, 3.8) is 0 Å². The van der Waals surface area contributed by atoms with Crippen molar-refractivity contribution in [3.05, 3.63) is 35.4 Å². The standard InChI is InChI=1S/C21H34N4O3/c1-3-22-21(24-12-7-13-28-15-14-27-2)23-11-6-10-20(26)25-16-18-8-4-5-9-19(18)17-25/h4-5,8-9H,3,6-7,10-17H2,1-2H3,(H2,22,23,24). The summed E-state index contributed by atoms with van der Waals surface area (Å²) in [6.07, 6.45) is 2.19. The Kier molecular flexibility index (Phi) is 10.4. The Morgan fingerprint density at radius 2 is 1.86 bits per heavy atom. The fourth-order valence-corrected chi connectivity index (χ4v) is 3.06. The Bertz CT molecular complexity index is 596. The van der Waals surface area contributed by atoms with Gasteiger partial charge >= 0.3 is 0 Å². The van der Waals surface area contributed by atoms with Crippen LogP contribution >= 0.6 is 0 Å². The van der Waals surface area contributed by atoms with E-state index in [-0.39, 0.29) is 5.91 Å². The second-order valence-electron chi connectivity index (χ2n) is 6.77. The van der Waals surface area contributed by atoms with Crippen LogP contribution in [-0.4, -0.2) is 63.3 Å². The number of benzene rings is 1. The number of guanidine groups is 1. The zero-order valence-corrected chi connectivity index (χ0v) is 17.2. The lowest BCUT2D eigenvalue weighted by molar-refractivity contribution is -0.131. The molecule has 2 N–H and O–H groups in total. The normalized spacial score (nSPS) is 13.5. The summed E-state index contributed by atoms with van der Waals surface area (Å²) in [5.41, 5.74) is 2.53. The van der Waals surface area contributed by atoms with Crippen molar-refractivity contribution in [2.45, 2.75) is 39.3 Å². The number of hydrogen-bond acceptors (Lipinski definition) is 4. The molecule has 28 heavy (non-hydrogen) atoms. The first-order valence-corrected chi connectivity index (χ1v) is 10.2. The molecule has 7 heteroatoms. The predicted molar refractivity (Wildman–Crippen MR) is 111 cm³/mol. The molecule has 0 bridgehead atoms. The van der Waals surface area contributed by atoms with Crippen LogP contribution in [0.4, 0.5) is 0 Å². The van der Waals surface area contributed by atoms with Crippen LogP contribution in [0.3, 0.4) is 0 Å². The maximum atomic E-state index is 12.4. The van der Waals surface area contributed by atoms with Gasteiger partial charge in [-0.2, -0.15) is 0 Å². The third kappa shape index (κ3) is 7.86. The zero-order valence-electron chi connectivity index (χ0n) is 17.2. The third-order valence-corrected chi connectivity index (χ3v) is 4.55. The lowest BCUT2D eigenvalue weighted by atomic mass is 10.1. The van der Waals surface area contributed by atoms with Gasteiger partial charge in [-0.15, -0.1) is 0 Å². The van der Waals surface area contributed by atoms with Crippen molar-refractivity contribution in [2.24, 2.45) is 4.99 Å². The van der Waals surface area contributed by atoms with Gasteiger partial charge in [0.2, 0.25) is 5.91 Å². The zero-order chi connectivity index (χ0) is 20.0. The van der Waals surface area contributed by atoms with E-state index in [1.807, 2.05) is 24.0 Å². The molecule has 0 saturated heterocycles. The molecule has 0 fully saturated rings. The van der Waals surface area contributed by atoms with E-state index >= 15 is 0 Å². The van der Waals surface area contributed by atoms with Gasteiger partial charge in [0, 0.05) is 52.9 Å². The maximum Gasteiger partial charge on any atom is 0.223 e. The Balaban J connectivity index is 1.61. The highest BCUT2D eigenvalue weighted by Crippen LogP contribution is 2.22. The maximum absolute atomic E-state index is 12.4. The second-order valence-corrected chi connectivity index (χ2v) is 6.77. The second kappa shape index (κ2) is 13.1. The van der Waals surface area contributed by atoms with Crippen LogP contribution in [0.1, 0.15) is 37.3 Å². The quantitative estimate of drug-likeness (QED) is 0.324. The highest BCUT2D eigenvalue weighted by molar-refractivity contribution is 5.80. The first kappa shape index (κ1) is 22.2. The van der Waals surface area contributed by atoms with Gasteiger partial charge in [0.25, 0.3) is 0 Å². The van der Waals surface area contributed by atoms with Gasteiger partial charge < -0.3 is 25.0 Å². The van der Waals surface area contributed by atoms with Crippen LogP contribution in [0, 0.1) is 0 Å². The van der Waals surface area contributed by atoms with E-state index in [9.17, 15) is 4.79 Å². The third-order valence-electron chi connectivity index (χ3n) is 4.55. The number of nitrogens with one attached hydrogen (secondary N) is 2. The van der Waals surface area contributed by atoms with Crippen LogP contribution in [0.25, 0.3) is 0 Å². The largest absolute Gasteiger partial charge is 0.382 e. The molecule has 0 unspecified atom stereocenters. The molecule has 1 aliphatic heterocycles. The lowest BCUT2D eigenvalue weighted by Gasteiger charge is -2.15. The molecule has 1 aliphatic rings. The molecule has 1 aromatic rings. The van der Waals surface area contributed by atoms with Crippen LogP contribution in [0.5, 0.6) is 0 Å². The fourth-order valence-electron chi connectivity index (χ4n) is 3.06. The molecule has 156 valence electrons.